The second kappa shape index (κ2) is 6.08. The first kappa shape index (κ1) is 13.2. The summed E-state index contributed by atoms with van der Waals surface area (Å²) in [5.74, 6) is 1.07. The number of ether oxygens (including phenoxy) is 1. The maximum absolute atomic E-state index is 5.50. The quantitative estimate of drug-likeness (QED) is 0.885. The van der Waals surface area contributed by atoms with Gasteiger partial charge in [-0.05, 0) is 20.8 Å². The maximum atomic E-state index is 5.50. The predicted octanol–water partition coefficient (Wildman–Crippen LogP) is 1.97. The van der Waals surface area contributed by atoms with Crippen LogP contribution >= 0.6 is 0 Å². The summed E-state index contributed by atoms with van der Waals surface area (Å²) in [4.78, 5) is 16.8. The minimum Gasteiger partial charge on any atom is -0.475 e. The highest BCUT2D eigenvalue weighted by atomic mass is 16.5. The molecule has 19 heavy (non-hydrogen) atoms. The van der Waals surface area contributed by atoms with Crippen LogP contribution < -0.4 is 10.1 Å². The summed E-state index contributed by atoms with van der Waals surface area (Å²) in [6, 6.07) is 1.73. The van der Waals surface area contributed by atoms with Crippen LogP contribution in [-0.4, -0.2) is 26.0 Å². The Kier molecular flexibility index (Phi) is 4.22. The largest absolute Gasteiger partial charge is 0.475 e. The van der Waals surface area contributed by atoms with E-state index in [0.717, 1.165) is 11.4 Å². The highest BCUT2D eigenvalue weighted by Gasteiger charge is 2.02. The highest BCUT2D eigenvalue weighted by molar-refractivity contribution is 5.28. The molecule has 6 nitrogen and oxygen atoms in total. The molecule has 0 radical (unpaired) electrons. The minimum absolute atomic E-state index is 0.0886. The normalized spacial score (nSPS) is 10.5. The zero-order chi connectivity index (χ0) is 13.7. The van der Waals surface area contributed by atoms with Gasteiger partial charge in [0, 0.05) is 18.5 Å². The summed E-state index contributed by atoms with van der Waals surface area (Å²) < 4.78 is 5.50. The average molecular weight is 259 g/mol. The molecule has 0 aliphatic heterocycles. The van der Waals surface area contributed by atoms with E-state index < -0.39 is 0 Å². The maximum Gasteiger partial charge on any atom is 0.226 e. The van der Waals surface area contributed by atoms with Gasteiger partial charge in [0.1, 0.15) is 0 Å². The van der Waals surface area contributed by atoms with Crippen molar-refractivity contribution in [2.75, 3.05) is 5.32 Å². The molecular weight excluding hydrogens is 242 g/mol. The first-order valence-corrected chi connectivity index (χ1v) is 6.14. The van der Waals surface area contributed by atoms with Crippen molar-refractivity contribution in [1.29, 1.82) is 0 Å². The second-order valence-electron chi connectivity index (χ2n) is 4.39. The Morgan fingerprint density at radius 3 is 2.74 bits per heavy atom. The van der Waals surface area contributed by atoms with Crippen LogP contribution in [0.15, 0.2) is 24.7 Å². The molecule has 100 valence electrons. The van der Waals surface area contributed by atoms with Crippen LogP contribution in [0.1, 0.15) is 25.2 Å². The first-order valence-electron chi connectivity index (χ1n) is 6.14. The number of hydrogen-bond donors (Lipinski definition) is 1. The van der Waals surface area contributed by atoms with Crippen molar-refractivity contribution in [3.63, 3.8) is 0 Å². The van der Waals surface area contributed by atoms with Gasteiger partial charge in [-0.25, -0.2) is 4.98 Å². The van der Waals surface area contributed by atoms with Gasteiger partial charge in [0.25, 0.3) is 0 Å². The van der Waals surface area contributed by atoms with Gasteiger partial charge in [-0.15, -0.1) is 0 Å². The van der Waals surface area contributed by atoms with Gasteiger partial charge in [0.15, 0.2) is 0 Å². The fourth-order valence-electron chi connectivity index (χ4n) is 1.41. The zero-order valence-electron chi connectivity index (χ0n) is 11.3. The molecule has 2 aromatic heterocycles. The molecule has 0 spiro atoms. The Morgan fingerprint density at radius 1 is 1.21 bits per heavy atom. The van der Waals surface area contributed by atoms with E-state index in [1.54, 1.807) is 24.7 Å². The molecule has 2 aromatic rings. The number of aryl methyl sites for hydroxylation is 1. The van der Waals surface area contributed by atoms with E-state index in [1.165, 1.54) is 0 Å². The van der Waals surface area contributed by atoms with E-state index in [2.05, 4.69) is 25.3 Å². The Bertz CT molecular complexity index is 527. The van der Waals surface area contributed by atoms with Gasteiger partial charge in [0.05, 0.1) is 30.2 Å². The van der Waals surface area contributed by atoms with Gasteiger partial charge in [-0.2, -0.15) is 4.98 Å². The molecule has 2 heterocycles. The zero-order valence-corrected chi connectivity index (χ0v) is 11.3. The number of nitrogens with one attached hydrogen (secondary N) is 1. The molecule has 0 saturated heterocycles. The van der Waals surface area contributed by atoms with Crippen LogP contribution in [0, 0.1) is 6.92 Å². The number of rotatable bonds is 5. The molecule has 1 N–H and O–H groups in total. The highest BCUT2D eigenvalue weighted by Crippen LogP contribution is 2.10. The minimum atomic E-state index is 0.0886. The summed E-state index contributed by atoms with van der Waals surface area (Å²) in [7, 11) is 0. The van der Waals surface area contributed by atoms with Crippen molar-refractivity contribution < 1.29 is 4.74 Å². The standard InChI is InChI=1S/C13H17N5O/c1-9(2)19-12-4-5-14-13(18-12)17-8-11-7-15-10(3)6-16-11/h4-7,9H,8H2,1-3H3,(H,14,17,18). The van der Waals surface area contributed by atoms with E-state index in [1.807, 2.05) is 20.8 Å². The first-order chi connectivity index (χ1) is 9.13. The molecule has 0 saturated carbocycles. The Hall–Kier alpha value is -2.24. The van der Waals surface area contributed by atoms with Gasteiger partial charge in [-0.1, -0.05) is 0 Å². The molecule has 0 fully saturated rings. The van der Waals surface area contributed by atoms with E-state index in [-0.39, 0.29) is 6.10 Å². The third-order valence-corrected chi connectivity index (χ3v) is 2.25. The van der Waals surface area contributed by atoms with Gasteiger partial charge in [-0.3, -0.25) is 9.97 Å². The molecule has 0 amide bonds. The Balaban J connectivity index is 1.97. The Labute approximate surface area is 112 Å². The number of anilines is 1. The fraction of sp³-hybridized carbons (Fsp3) is 0.385. The molecule has 2 rings (SSSR count). The lowest BCUT2D eigenvalue weighted by Gasteiger charge is -2.09. The van der Waals surface area contributed by atoms with Gasteiger partial charge < -0.3 is 10.1 Å². The number of nitrogens with zero attached hydrogens (tertiary/aromatic N) is 4. The van der Waals surface area contributed by atoms with E-state index in [0.29, 0.717) is 18.4 Å². The van der Waals surface area contributed by atoms with Gasteiger partial charge in [0.2, 0.25) is 11.8 Å². The third-order valence-electron chi connectivity index (χ3n) is 2.25. The topological polar surface area (TPSA) is 72.8 Å². The Morgan fingerprint density at radius 2 is 2.05 bits per heavy atom. The molecule has 0 bridgehead atoms. The van der Waals surface area contributed by atoms with Crippen LogP contribution in [0.4, 0.5) is 5.95 Å². The fourth-order valence-corrected chi connectivity index (χ4v) is 1.41. The van der Waals surface area contributed by atoms with Crippen LogP contribution in [0.3, 0.4) is 0 Å². The van der Waals surface area contributed by atoms with Crippen molar-refractivity contribution in [2.24, 2.45) is 0 Å². The monoisotopic (exact) mass is 259 g/mol. The summed E-state index contributed by atoms with van der Waals surface area (Å²) in [6.07, 6.45) is 5.21. The smallest absolute Gasteiger partial charge is 0.226 e. The van der Waals surface area contributed by atoms with Gasteiger partial charge >= 0.3 is 0 Å². The summed E-state index contributed by atoms with van der Waals surface area (Å²) in [6.45, 7) is 6.34. The number of aromatic nitrogens is 4. The predicted molar refractivity (Wildman–Crippen MR) is 71.9 cm³/mol. The van der Waals surface area contributed by atoms with Crippen LogP contribution in [-0.2, 0) is 6.54 Å². The molecule has 6 heteroatoms. The lowest BCUT2D eigenvalue weighted by atomic mass is 10.4. The van der Waals surface area contributed by atoms with Crippen LogP contribution in [0.25, 0.3) is 0 Å². The summed E-state index contributed by atoms with van der Waals surface area (Å²) in [5.41, 5.74) is 1.73. The van der Waals surface area contributed by atoms with Crippen molar-refractivity contribution in [2.45, 2.75) is 33.4 Å². The average Bonchev–Trinajstić information content (AvgIpc) is 2.38. The SMILES string of the molecule is Cc1cnc(CNc2nccc(OC(C)C)n2)cn1. The third kappa shape index (κ3) is 4.17. The molecule has 0 unspecified atom stereocenters. The van der Waals surface area contributed by atoms with Crippen molar-refractivity contribution >= 4 is 5.95 Å². The second-order valence-corrected chi connectivity index (χ2v) is 4.39. The van der Waals surface area contributed by atoms with E-state index >= 15 is 0 Å². The molecule has 0 aliphatic carbocycles. The van der Waals surface area contributed by atoms with E-state index in [9.17, 15) is 0 Å². The number of hydrogen-bond acceptors (Lipinski definition) is 6. The summed E-state index contributed by atoms with van der Waals surface area (Å²) in [5, 5.41) is 3.09. The lowest BCUT2D eigenvalue weighted by Crippen LogP contribution is -2.09. The molecule has 0 aliphatic rings. The van der Waals surface area contributed by atoms with Crippen molar-refractivity contribution in [1.82, 2.24) is 19.9 Å². The lowest BCUT2D eigenvalue weighted by molar-refractivity contribution is 0.232. The molecule has 0 aromatic carbocycles. The van der Waals surface area contributed by atoms with Crippen molar-refractivity contribution in [3.8, 4) is 5.88 Å². The van der Waals surface area contributed by atoms with Crippen LogP contribution in [0.5, 0.6) is 5.88 Å². The molecule has 0 atom stereocenters. The van der Waals surface area contributed by atoms with E-state index in [4.69, 9.17) is 4.74 Å². The summed E-state index contributed by atoms with van der Waals surface area (Å²) >= 11 is 0. The van der Waals surface area contributed by atoms with Crippen molar-refractivity contribution in [3.05, 3.63) is 36.0 Å². The molecular formula is C13H17N5O. The van der Waals surface area contributed by atoms with Crippen LogP contribution in [0.2, 0.25) is 0 Å².